The van der Waals surface area contributed by atoms with Gasteiger partial charge in [-0.15, -0.1) is 0 Å². The van der Waals surface area contributed by atoms with E-state index in [-0.39, 0.29) is 0 Å². The SMILES string of the molecule is CCOc1ccc(OC(=O)N(C)c2cccc(OC)n2)cc1. The van der Waals surface area contributed by atoms with E-state index in [1.165, 1.54) is 12.0 Å². The molecule has 0 aliphatic heterocycles. The van der Waals surface area contributed by atoms with Crippen LogP contribution in [0.15, 0.2) is 42.5 Å². The van der Waals surface area contributed by atoms with E-state index in [9.17, 15) is 4.79 Å². The molecule has 0 saturated carbocycles. The predicted molar refractivity (Wildman–Crippen MR) is 82.8 cm³/mol. The van der Waals surface area contributed by atoms with Crippen molar-refractivity contribution in [1.82, 2.24) is 4.98 Å². The molecule has 0 unspecified atom stereocenters. The molecule has 2 aromatic rings. The van der Waals surface area contributed by atoms with Crippen LogP contribution in [0.2, 0.25) is 0 Å². The Morgan fingerprint density at radius 3 is 2.45 bits per heavy atom. The maximum absolute atomic E-state index is 12.1. The van der Waals surface area contributed by atoms with Crippen molar-refractivity contribution in [1.29, 1.82) is 0 Å². The molecule has 0 atom stereocenters. The third-order valence-corrected chi connectivity index (χ3v) is 2.88. The molecule has 0 N–H and O–H groups in total. The summed E-state index contributed by atoms with van der Waals surface area (Å²) in [6.07, 6.45) is -0.537. The first-order valence-corrected chi connectivity index (χ1v) is 6.83. The zero-order chi connectivity index (χ0) is 15.9. The van der Waals surface area contributed by atoms with Gasteiger partial charge in [0.15, 0.2) is 0 Å². The number of carbonyl (C=O) groups excluding carboxylic acids is 1. The van der Waals surface area contributed by atoms with E-state index < -0.39 is 6.09 Å². The minimum atomic E-state index is -0.537. The fourth-order valence-electron chi connectivity index (χ4n) is 1.74. The molecule has 0 fully saturated rings. The Balaban J connectivity index is 2.04. The zero-order valence-corrected chi connectivity index (χ0v) is 12.8. The molecule has 0 radical (unpaired) electrons. The lowest BCUT2D eigenvalue weighted by atomic mass is 10.3. The van der Waals surface area contributed by atoms with Gasteiger partial charge in [0, 0.05) is 13.1 Å². The first-order valence-electron chi connectivity index (χ1n) is 6.83. The van der Waals surface area contributed by atoms with E-state index in [0.29, 0.717) is 24.1 Å². The molecule has 2 rings (SSSR count). The summed E-state index contributed by atoms with van der Waals surface area (Å²) < 4.78 is 15.7. The highest BCUT2D eigenvalue weighted by Crippen LogP contribution is 2.20. The van der Waals surface area contributed by atoms with Crippen molar-refractivity contribution >= 4 is 11.9 Å². The topological polar surface area (TPSA) is 60.9 Å². The van der Waals surface area contributed by atoms with Gasteiger partial charge in [-0.3, -0.25) is 4.90 Å². The van der Waals surface area contributed by atoms with E-state index in [2.05, 4.69) is 4.98 Å². The molecular weight excluding hydrogens is 284 g/mol. The fraction of sp³-hybridized carbons (Fsp3) is 0.250. The summed E-state index contributed by atoms with van der Waals surface area (Å²) >= 11 is 0. The Morgan fingerprint density at radius 1 is 1.14 bits per heavy atom. The summed E-state index contributed by atoms with van der Waals surface area (Å²) in [6.45, 7) is 2.49. The number of methoxy groups -OCH3 is 1. The Labute approximate surface area is 129 Å². The number of pyridine rings is 1. The van der Waals surface area contributed by atoms with Gasteiger partial charge in [-0.1, -0.05) is 6.07 Å². The van der Waals surface area contributed by atoms with Gasteiger partial charge in [-0.05, 0) is 37.3 Å². The second-order valence-electron chi connectivity index (χ2n) is 4.37. The van der Waals surface area contributed by atoms with Gasteiger partial charge in [0.2, 0.25) is 5.88 Å². The smallest absolute Gasteiger partial charge is 0.420 e. The van der Waals surface area contributed by atoms with Gasteiger partial charge in [0.05, 0.1) is 13.7 Å². The summed E-state index contributed by atoms with van der Waals surface area (Å²) in [7, 11) is 3.10. The van der Waals surface area contributed by atoms with Crippen LogP contribution in [-0.4, -0.2) is 31.8 Å². The number of aromatic nitrogens is 1. The molecule has 116 valence electrons. The molecule has 0 aliphatic carbocycles. The van der Waals surface area contributed by atoms with E-state index >= 15 is 0 Å². The lowest BCUT2D eigenvalue weighted by Gasteiger charge is -2.16. The summed E-state index contributed by atoms with van der Waals surface area (Å²) in [5, 5.41) is 0. The van der Waals surface area contributed by atoms with Crippen LogP contribution in [-0.2, 0) is 0 Å². The molecule has 6 heteroatoms. The molecule has 0 aliphatic rings. The lowest BCUT2D eigenvalue weighted by molar-refractivity contribution is 0.208. The minimum Gasteiger partial charge on any atom is -0.494 e. The van der Waals surface area contributed by atoms with Crippen LogP contribution in [0.3, 0.4) is 0 Å². The first kappa shape index (κ1) is 15.6. The molecule has 1 heterocycles. The van der Waals surface area contributed by atoms with Gasteiger partial charge in [0.1, 0.15) is 17.3 Å². The number of ether oxygens (including phenoxy) is 3. The van der Waals surface area contributed by atoms with E-state index in [4.69, 9.17) is 14.2 Å². The van der Waals surface area contributed by atoms with Crippen LogP contribution < -0.4 is 19.1 Å². The van der Waals surface area contributed by atoms with Gasteiger partial charge in [0.25, 0.3) is 0 Å². The summed E-state index contributed by atoms with van der Waals surface area (Å²) in [5.74, 6) is 2.03. The third-order valence-electron chi connectivity index (χ3n) is 2.88. The number of anilines is 1. The number of rotatable bonds is 5. The van der Waals surface area contributed by atoms with Crippen molar-refractivity contribution < 1.29 is 19.0 Å². The highest BCUT2D eigenvalue weighted by Gasteiger charge is 2.15. The average molecular weight is 302 g/mol. The maximum Gasteiger partial charge on any atom is 0.420 e. The van der Waals surface area contributed by atoms with Crippen molar-refractivity contribution in [2.24, 2.45) is 0 Å². The normalized spacial score (nSPS) is 9.95. The Kier molecular flexibility index (Phi) is 5.19. The summed E-state index contributed by atoms with van der Waals surface area (Å²) in [5.41, 5.74) is 0. The third kappa shape index (κ3) is 3.88. The molecular formula is C16H18N2O4. The Hall–Kier alpha value is -2.76. The van der Waals surface area contributed by atoms with Gasteiger partial charge in [-0.25, -0.2) is 4.79 Å². The van der Waals surface area contributed by atoms with E-state index in [0.717, 1.165) is 5.75 Å². The van der Waals surface area contributed by atoms with Crippen LogP contribution in [0.1, 0.15) is 6.92 Å². The molecule has 1 aromatic heterocycles. The van der Waals surface area contributed by atoms with Crippen LogP contribution >= 0.6 is 0 Å². The second-order valence-corrected chi connectivity index (χ2v) is 4.37. The largest absolute Gasteiger partial charge is 0.494 e. The van der Waals surface area contributed by atoms with Crippen molar-refractivity contribution in [2.75, 3.05) is 25.7 Å². The molecule has 0 spiro atoms. The molecule has 0 bridgehead atoms. The summed E-state index contributed by atoms with van der Waals surface area (Å²) in [4.78, 5) is 17.6. The highest BCUT2D eigenvalue weighted by atomic mass is 16.6. The van der Waals surface area contributed by atoms with Gasteiger partial charge >= 0.3 is 6.09 Å². The maximum atomic E-state index is 12.1. The zero-order valence-electron chi connectivity index (χ0n) is 12.8. The van der Waals surface area contributed by atoms with Crippen molar-refractivity contribution in [3.8, 4) is 17.4 Å². The summed E-state index contributed by atoms with van der Waals surface area (Å²) in [6, 6.07) is 12.0. The molecule has 6 nitrogen and oxygen atoms in total. The number of carbonyl (C=O) groups is 1. The second kappa shape index (κ2) is 7.31. The van der Waals surface area contributed by atoms with Gasteiger partial charge < -0.3 is 14.2 Å². The molecule has 0 saturated heterocycles. The number of hydrogen-bond donors (Lipinski definition) is 0. The standard InChI is InChI=1S/C16H18N2O4/c1-4-21-12-8-10-13(11-9-12)22-16(19)18(2)14-6-5-7-15(17-14)20-3/h5-11H,4H2,1-3H3. The van der Waals surface area contributed by atoms with Crippen molar-refractivity contribution in [2.45, 2.75) is 6.92 Å². The van der Waals surface area contributed by atoms with E-state index in [1.54, 1.807) is 49.5 Å². The highest BCUT2D eigenvalue weighted by molar-refractivity contribution is 5.87. The lowest BCUT2D eigenvalue weighted by Crippen LogP contribution is -2.30. The van der Waals surface area contributed by atoms with Gasteiger partial charge in [-0.2, -0.15) is 4.98 Å². The fourth-order valence-corrected chi connectivity index (χ4v) is 1.74. The van der Waals surface area contributed by atoms with Crippen LogP contribution in [0.25, 0.3) is 0 Å². The first-order chi connectivity index (χ1) is 10.6. The molecule has 1 aromatic carbocycles. The number of amides is 1. The quantitative estimate of drug-likeness (QED) is 0.849. The van der Waals surface area contributed by atoms with Crippen LogP contribution in [0.5, 0.6) is 17.4 Å². The molecule has 22 heavy (non-hydrogen) atoms. The Bertz CT molecular complexity index is 628. The molecule has 1 amide bonds. The number of benzene rings is 1. The number of hydrogen-bond acceptors (Lipinski definition) is 5. The van der Waals surface area contributed by atoms with Crippen molar-refractivity contribution in [3.63, 3.8) is 0 Å². The average Bonchev–Trinajstić information content (AvgIpc) is 2.56. The Morgan fingerprint density at radius 2 is 1.82 bits per heavy atom. The van der Waals surface area contributed by atoms with Crippen LogP contribution in [0.4, 0.5) is 10.6 Å². The monoisotopic (exact) mass is 302 g/mol. The minimum absolute atomic E-state index is 0.429. The predicted octanol–water partition coefficient (Wildman–Crippen LogP) is 3.12. The van der Waals surface area contributed by atoms with Crippen LogP contribution in [0, 0.1) is 0 Å². The number of nitrogens with zero attached hydrogens (tertiary/aromatic N) is 2. The van der Waals surface area contributed by atoms with E-state index in [1.807, 2.05) is 6.92 Å². The van der Waals surface area contributed by atoms with Crippen molar-refractivity contribution in [3.05, 3.63) is 42.5 Å².